The highest BCUT2D eigenvalue weighted by Gasteiger charge is 2.53. The highest BCUT2D eigenvalue weighted by Crippen LogP contribution is 2.52. The normalized spacial score (nSPS) is 23.2. The Bertz CT molecular complexity index is 1340. The first-order valence-electron chi connectivity index (χ1n) is 15.6. The van der Waals surface area contributed by atoms with Gasteiger partial charge in [-0.25, -0.2) is 0 Å². The molecule has 3 aromatic rings. The third-order valence-electron chi connectivity index (χ3n) is 10.1. The Morgan fingerprint density at radius 2 is 1.71 bits per heavy atom. The summed E-state index contributed by atoms with van der Waals surface area (Å²) in [5.74, 6) is 1.28. The van der Waals surface area contributed by atoms with Crippen LogP contribution in [-0.2, 0) is 21.5 Å². The number of ether oxygens (including phenoxy) is 1. The van der Waals surface area contributed by atoms with Crippen molar-refractivity contribution in [3.63, 3.8) is 0 Å². The van der Waals surface area contributed by atoms with Crippen molar-refractivity contribution in [1.29, 1.82) is 5.26 Å². The van der Waals surface area contributed by atoms with E-state index in [4.69, 9.17) is 10.00 Å². The molecule has 3 heterocycles. The van der Waals surface area contributed by atoms with E-state index in [1.165, 1.54) is 11.3 Å². The summed E-state index contributed by atoms with van der Waals surface area (Å²) >= 11 is 0. The molecule has 2 saturated heterocycles. The van der Waals surface area contributed by atoms with E-state index >= 15 is 0 Å². The van der Waals surface area contributed by atoms with Gasteiger partial charge in [-0.05, 0) is 80.9 Å². The van der Waals surface area contributed by atoms with Gasteiger partial charge >= 0.3 is 5.97 Å². The molecular formula is C34H42N6O2. The molecule has 2 aromatic carbocycles. The predicted octanol–water partition coefficient (Wildman–Crippen LogP) is 5.06. The van der Waals surface area contributed by atoms with Gasteiger partial charge in [0.05, 0.1) is 11.6 Å². The van der Waals surface area contributed by atoms with Crippen LogP contribution in [0.25, 0.3) is 0 Å². The second-order valence-corrected chi connectivity index (χ2v) is 12.5. The van der Waals surface area contributed by atoms with Gasteiger partial charge in [-0.2, -0.15) is 5.26 Å². The van der Waals surface area contributed by atoms with E-state index in [-0.39, 0.29) is 23.4 Å². The van der Waals surface area contributed by atoms with E-state index in [1.54, 1.807) is 0 Å². The molecule has 8 heteroatoms. The summed E-state index contributed by atoms with van der Waals surface area (Å²) in [6.45, 7) is 8.11. The van der Waals surface area contributed by atoms with Gasteiger partial charge in [-0.15, -0.1) is 10.2 Å². The molecule has 3 aliphatic rings. The number of aromatic nitrogens is 3. The molecule has 8 nitrogen and oxygen atoms in total. The number of carbonyl (C=O) groups is 1. The quantitative estimate of drug-likeness (QED) is 0.317. The number of benzene rings is 2. The Labute approximate surface area is 249 Å². The lowest BCUT2D eigenvalue weighted by Gasteiger charge is -2.51. The van der Waals surface area contributed by atoms with Gasteiger partial charge in [-0.1, -0.05) is 37.3 Å². The fourth-order valence-corrected chi connectivity index (χ4v) is 7.99. The largest absolute Gasteiger partial charge is 0.462 e. The molecule has 0 unspecified atom stereocenters. The molecule has 1 aromatic heterocycles. The van der Waals surface area contributed by atoms with Crippen molar-refractivity contribution in [2.45, 2.75) is 63.5 Å². The fraction of sp³-hybridized carbons (Fsp3) is 0.529. The van der Waals surface area contributed by atoms with Crippen molar-refractivity contribution in [2.24, 2.45) is 17.8 Å². The number of hydrogen-bond donors (Lipinski definition) is 0. The Hall–Kier alpha value is -3.70. The minimum Gasteiger partial charge on any atom is -0.462 e. The molecule has 3 fully saturated rings. The van der Waals surface area contributed by atoms with Crippen LogP contribution >= 0.6 is 0 Å². The van der Waals surface area contributed by atoms with Crippen molar-refractivity contribution in [3.8, 4) is 6.07 Å². The number of carbonyl (C=O) groups excluding carboxylic acids is 1. The molecule has 6 rings (SSSR count). The summed E-state index contributed by atoms with van der Waals surface area (Å²) in [7, 11) is 0. The van der Waals surface area contributed by atoms with Crippen LogP contribution in [0.3, 0.4) is 0 Å². The highest BCUT2D eigenvalue weighted by molar-refractivity contribution is 5.69. The summed E-state index contributed by atoms with van der Waals surface area (Å²) in [4.78, 5) is 17.6. The van der Waals surface area contributed by atoms with E-state index in [1.807, 2.05) is 31.7 Å². The second-order valence-electron chi connectivity index (χ2n) is 12.5. The number of anilines is 1. The number of piperidine rings is 1. The average molecular weight is 567 g/mol. The maximum atomic E-state index is 12.5. The van der Waals surface area contributed by atoms with Crippen LogP contribution in [0.2, 0.25) is 0 Å². The molecule has 1 saturated carbocycles. The second kappa shape index (κ2) is 12.7. The minimum atomic E-state index is -0.173. The molecule has 42 heavy (non-hydrogen) atoms. The standard InChI is InChI=1S/C34H42N6O2/c1-2-33(41)42-32-10-6-9-31(32)34(23-39-24-36-37-25-39,28-7-4-3-5-8-28)29-15-17-38(18-16-29)20-27-21-40(22-27)30-13-11-26(19-35)12-14-30/h3-5,7-8,11-14,24-25,27,29,31-32H,2,6,9-10,15-18,20-23H2,1H3/t31-,32-,34-/m0/s1. The molecule has 1 aliphatic carbocycles. The number of nitriles is 1. The Morgan fingerprint density at radius 1 is 1.00 bits per heavy atom. The van der Waals surface area contributed by atoms with E-state index < -0.39 is 0 Å². The summed E-state index contributed by atoms with van der Waals surface area (Å²) in [6, 6.07) is 21.1. The lowest BCUT2D eigenvalue weighted by atomic mass is 9.58. The van der Waals surface area contributed by atoms with Crippen molar-refractivity contribution < 1.29 is 9.53 Å². The lowest BCUT2D eigenvalue weighted by Crippen LogP contribution is -2.55. The van der Waals surface area contributed by atoms with Crippen LogP contribution in [0.5, 0.6) is 0 Å². The Kier molecular flexibility index (Phi) is 8.57. The van der Waals surface area contributed by atoms with Gasteiger partial charge in [0, 0.05) is 55.5 Å². The van der Waals surface area contributed by atoms with E-state index in [2.05, 4.69) is 73.1 Å². The van der Waals surface area contributed by atoms with Gasteiger partial charge in [0.25, 0.3) is 0 Å². The molecule has 0 radical (unpaired) electrons. The fourth-order valence-electron chi connectivity index (χ4n) is 7.99. The number of likely N-dealkylation sites (tertiary alicyclic amines) is 1. The molecule has 0 bridgehead atoms. The molecule has 3 atom stereocenters. The maximum absolute atomic E-state index is 12.5. The minimum absolute atomic E-state index is 0.0599. The molecule has 220 valence electrons. The number of esters is 1. The summed E-state index contributed by atoms with van der Waals surface area (Å²) in [6.07, 6.45) is 9.35. The van der Waals surface area contributed by atoms with Crippen molar-refractivity contribution >= 4 is 11.7 Å². The topological polar surface area (TPSA) is 87.3 Å². The first-order chi connectivity index (χ1) is 20.6. The molecule has 0 spiro atoms. The zero-order valence-corrected chi connectivity index (χ0v) is 24.6. The lowest BCUT2D eigenvalue weighted by molar-refractivity contribution is -0.152. The first-order valence-corrected chi connectivity index (χ1v) is 15.6. The third-order valence-corrected chi connectivity index (χ3v) is 10.1. The number of rotatable bonds is 10. The molecule has 2 aliphatic heterocycles. The highest BCUT2D eigenvalue weighted by atomic mass is 16.5. The molecule has 0 N–H and O–H groups in total. The number of hydrogen-bond acceptors (Lipinski definition) is 7. The van der Waals surface area contributed by atoms with Crippen LogP contribution in [0, 0.1) is 29.1 Å². The van der Waals surface area contributed by atoms with Crippen molar-refractivity contribution in [3.05, 3.63) is 78.4 Å². The van der Waals surface area contributed by atoms with Crippen LogP contribution in [0.4, 0.5) is 5.69 Å². The van der Waals surface area contributed by atoms with Gasteiger partial charge in [0.2, 0.25) is 0 Å². The van der Waals surface area contributed by atoms with Crippen LogP contribution in [0.15, 0.2) is 67.3 Å². The summed E-state index contributed by atoms with van der Waals surface area (Å²) < 4.78 is 8.30. The Balaban J connectivity index is 1.18. The van der Waals surface area contributed by atoms with Crippen molar-refractivity contribution in [2.75, 3.05) is 37.6 Å². The van der Waals surface area contributed by atoms with Gasteiger partial charge < -0.3 is 19.1 Å². The van der Waals surface area contributed by atoms with E-state index in [0.29, 0.717) is 23.8 Å². The van der Waals surface area contributed by atoms with Crippen LogP contribution in [-0.4, -0.2) is 64.5 Å². The van der Waals surface area contributed by atoms with Crippen LogP contribution < -0.4 is 4.90 Å². The van der Waals surface area contributed by atoms with Crippen molar-refractivity contribution in [1.82, 2.24) is 19.7 Å². The van der Waals surface area contributed by atoms with Gasteiger partial charge in [-0.3, -0.25) is 4.79 Å². The first kappa shape index (κ1) is 28.4. The average Bonchev–Trinajstić information content (AvgIpc) is 3.71. The maximum Gasteiger partial charge on any atom is 0.305 e. The predicted molar refractivity (Wildman–Crippen MR) is 162 cm³/mol. The van der Waals surface area contributed by atoms with Gasteiger partial charge in [0.1, 0.15) is 18.8 Å². The molecule has 0 amide bonds. The SMILES string of the molecule is CCC(=O)O[C@H]1CCC[C@@H]1[C@@](Cn1cnnc1)(c1ccccc1)C1CCN(CC2CN(c3ccc(C#N)cc3)C2)CC1. The molecular weight excluding hydrogens is 524 g/mol. The van der Waals surface area contributed by atoms with E-state index in [9.17, 15) is 4.79 Å². The third kappa shape index (κ3) is 5.80. The summed E-state index contributed by atoms with van der Waals surface area (Å²) in [5, 5.41) is 17.4. The smallest absolute Gasteiger partial charge is 0.305 e. The van der Waals surface area contributed by atoms with Gasteiger partial charge in [0.15, 0.2) is 0 Å². The summed E-state index contributed by atoms with van der Waals surface area (Å²) in [5.41, 5.74) is 3.09. The Morgan fingerprint density at radius 3 is 2.38 bits per heavy atom. The monoisotopic (exact) mass is 566 g/mol. The van der Waals surface area contributed by atoms with E-state index in [0.717, 1.165) is 71.4 Å². The van der Waals surface area contributed by atoms with Crippen LogP contribution in [0.1, 0.15) is 56.6 Å². The zero-order chi connectivity index (χ0) is 28.9. The zero-order valence-electron chi connectivity index (χ0n) is 24.6. The number of nitrogens with zero attached hydrogens (tertiary/aromatic N) is 6.